The highest BCUT2D eigenvalue weighted by atomic mass is 79.9. The van der Waals surface area contributed by atoms with Crippen LogP contribution in [0.5, 0.6) is 0 Å². The van der Waals surface area contributed by atoms with E-state index in [-0.39, 0.29) is 12.4 Å². The average molecular weight is 303 g/mol. The first-order valence-corrected chi connectivity index (χ1v) is 6.63. The highest BCUT2D eigenvalue weighted by Crippen LogP contribution is 2.30. The second-order valence-corrected chi connectivity index (χ2v) is 5.89. The normalized spacial score (nSPS) is 12.4. The molecule has 0 fully saturated rings. The molecule has 0 bridgehead atoms. The summed E-state index contributed by atoms with van der Waals surface area (Å²) in [4.78, 5) is 0.983. The standard InChI is InChI=1S/C11H15BrN2OS/c1-7(4-5-15)16-10-3-2-8(12)6-9(10)11(13)14/h2-3,6-7,15H,4-5H2,1H3,(H3,13,14). The zero-order valence-corrected chi connectivity index (χ0v) is 11.4. The van der Waals surface area contributed by atoms with Crippen LogP contribution < -0.4 is 5.73 Å². The second-order valence-electron chi connectivity index (χ2n) is 3.49. The smallest absolute Gasteiger partial charge is 0.123 e. The fraction of sp³-hybridized carbons (Fsp3) is 0.364. The zero-order valence-electron chi connectivity index (χ0n) is 9.03. The minimum absolute atomic E-state index is 0.0694. The minimum atomic E-state index is 0.0694. The largest absolute Gasteiger partial charge is 0.396 e. The van der Waals surface area contributed by atoms with E-state index in [1.165, 1.54) is 0 Å². The minimum Gasteiger partial charge on any atom is -0.396 e. The number of amidine groups is 1. The maximum Gasteiger partial charge on any atom is 0.123 e. The summed E-state index contributed by atoms with van der Waals surface area (Å²) in [6.45, 7) is 2.23. The van der Waals surface area contributed by atoms with Crippen LogP contribution in [-0.4, -0.2) is 22.8 Å². The Bertz CT molecular complexity index is 384. The fourth-order valence-electron chi connectivity index (χ4n) is 1.27. The fourth-order valence-corrected chi connectivity index (χ4v) is 2.73. The van der Waals surface area contributed by atoms with Crippen LogP contribution in [0.2, 0.25) is 0 Å². The summed E-state index contributed by atoms with van der Waals surface area (Å²) in [5.74, 6) is 0.0694. The van der Waals surface area contributed by atoms with Crippen molar-refractivity contribution in [3.05, 3.63) is 28.2 Å². The maximum atomic E-state index is 8.85. The number of nitrogens with one attached hydrogen (secondary N) is 1. The highest BCUT2D eigenvalue weighted by molar-refractivity contribution is 9.10. The number of aliphatic hydroxyl groups excluding tert-OH is 1. The molecule has 88 valence electrons. The monoisotopic (exact) mass is 302 g/mol. The van der Waals surface area contributed by atoms with Gasteiger partial charge in [-0.1, -0.05) is 22.9 Å². The topological polar surface area (TPSA) is 70.1 Å². The van der Waals surface area contributed by atoms with Gasteiger partial charge in [0.25, 0.3) is 0 Å². The lowest BCUT2D eigenvalue weighted by Crippen LogP contribution is -2.13. The van der Waals surface area contributed by atoms with Crippen molar-refractivity contribution in [3.63, 3.8) is 0 Å². The molecule has 0 spiro atoms. The molecule has 0 amide bonds. The number of nitrogens with two attached hydrogens (primary N) is 1. The lowest BCUT2D eigenvalue weighted by molar-refractivity contribution is 0.289. The summed E-state index contributed by atoms with van der Waals surface area (Å²) in [5, 5.41) is 16.7. The molecule has 0 aromatic heterocycles. The van der Waals surface area contributed by atoms with Gasteiger partial charge in [0, 0.05) is 26.8 Å². The molecule has 1 rings (SSSR count). The van der Waals surface area contributed by atoms with Crippen LogP contribution in [0.3, 0.4) is 0 Å². The third kappa shape index (κ3) is 3.81. The average Bonchev–Trinajstić information content (AvgIpc) is 2.20. The molecule has 1 aromatic rings. The van der Waals surface area contributed by atoms with E-state index in [0.717, 1.165) is 21.4 Å². The summed E-state index contributed by atoms with van der Waals surface area (Å²) < 4.78 is 0.914. The van der Waals surface area contributed by atoms with E-state index in [1.807, 2.05) is 25.1 Å². The van der Waals surface area contributed by atoms with E-state index in [1.54, 1.807) is 11.8 Å². The number of nitrogen functional groups attached to an aromatic ring is 1. The van der Waals surface area contributed by atoms with Gasteiger partial charge in [0.05, 0.1) is 0 Å². The van der Waals surface area contributed by atoms with Gasteiger partial charge in [-0.15, -0.1) is 11.8 Å². The lowest BCUT2D eigenvalue weighted by atomic mass is 10.2. The Morgan fingerprint density at radius 1 is 1.62 bits per heavy atom. The van der Waals surface area contributed by atoms with Crippen LogP contribution in [0, 0.1) is 5.41 Å². The molecule has 1 unspecified atom stereocenters. The van der Waals surface area contributed by atoms with E-state index < -0.39 is 0 Å². The van der Waals surface area contributed by atoms with Crippen LogP contribution in [0.4, 0.5) is 0 Å². The molecule has 0 aliphatic carbocycles. The third-order valence-corrected chi connectivity index (χ3v) is 3.84. The summed E-state index contributed by atoms with van der Waals surface area (Å²) in [6.07, 6.45) is 0.734. The van der Waals surface area contributed by atoms with E-state index in [0.29, 0.717) is 5.25 Å². The Labute approximate surface area is 108 Å². The van der Waals surface area contributed by atoms with Crippen molar-refractivity contribution in [2.24, 2.45) is 5.73 Å². The van der Waals surface area contributed by atoms with E-state index in [4.69, 9.17) is 16.2 Å². The van der Waals surface area contributed by atoms with Gasteiger partial charge >= 0.3 is 0 Å². The molecule has 0 heterocycles. The van der Waals surface area contributed by atoms with E-state index in [2.05, 4.69) is 15.9 Å². The molecule has 0 radical (unpaired) electrons. The van der Waals surface area contributed by atoms with Gasteiger partial charge in [-0.3, -0.25) is 5.41 Å². The van der Waals surface area contributed by atoms with Gasteiger partial charge in [-0.2, -0.15) is 0 Å². The van der Waals surface area contributed by atoms with Crippen LogP contribution in [0.25, 0.3) is 0 Å². The number of halogens is 1. The molecule has 5 heteroatoms. The lowest BCUT2D eigenvalue weighted by Gasteiger charge is -2.13. The van der Waals surface area contributed by atoms with E-state index >= 15 is 0 Å². The molecule has 4 N–H and O–H groups in total. The summed E-state index contributed by atoms with van der Waals surface area (Å²) in [6, 6.07) is 5.72. The molecule has 1 atom stereocenters. The van der Waals surface area contributed by atoms with Gasteiger partial charge in [0.2, 0.25) is 0 Å². The number of hydrogen-bond acceptors (Lipinski definition) is 3. The SMILES string of the molecule is CC(CCO)Sc1ccc(Br)cc1C(=N)N. The van der Waals surface area contributed by atoms with Crippen LogP contribution in [-0.2, 0) is 0 Å². The Balaban J connectivity index is 2.90. The van der Waals surface area contributed by atoms with Crippen LogP contribution in [0.15, 0.2) is 27.6 Å². The highest BCUT2D eigenvalue weighted by Gasteiger charge is 2.10. The Morgan fingerprint density at radius 2 is 2.31 bits per heavy atom. The molecule has 1 aromatic carbocycles. The van der Waals surface area contributed by atoms with Gasteiger partial charge in [-0.25, -0.2) is 0 Å². The first kappa shape index (κ1) is 13.5. The molecule has 0 saturated carbocycles. The van der Waals surface area contributed by atoms with Crippen molar-refractivity contribution >= 4 is 33.5 Å². The predicted octanol–water partition coefficient (Wildman–Crippen LogP) is 2.60. The quantitative estimate of drug-likeness (QED) is 0.445. The van der Waals surface area contributed by atoms with Crippen molar-refractivity contribution in [2.45, 2.75) is 23.5 Å². The molecule has 0 aliphatic rings. The molecule has 3 nitrogen and oxygen atoms in total. The molecule has 16 heavy (non-hydrogen) atoms. The predicted molar refractivity (Wildman–Crippen MR) is 72.2 cm³/mol. The summed E-state index contributed by atoms with van der Waals surface area (Å²) in [5.41, 5.74) is 6.27. The Kier molecular flexibility index (Phi) is 5.31. The zero-order chi connectivity index (χ0) is 12.1. The van der Waals surface area contributed by atoms with Crippen LogP contribution in [0.1, 0.15) is 18.9 Å². The maximum absolute atomic E-state index is 8.85. The number of thioether (sulfide) groups is 1. The van der Waals surface area contributed by atoms with Crippen LogP contribution >= 0.6 is 27.7 Å². The molecular formula is C11H15BrN2OS. The van der Waals surface area contributed by atoms with Gasteiger partial charge in [0.1, 0.15) is 5.84 Å². The van der Waals surface area contributed by atoms with Crippen molar-refractivity contribution in [3.8, 4) is 0 Å². The number of aliphatic hydroxyl groups is 1. The van der Waals surface area contributed by atoms with Gasteiger partial charge in [0.15, 0.2) is 0 Å². The number of hydrogen-bond donors (Lipinski definition) is 3. The van der Waals surface area contributed by atoms with Crippen molar-refractivity contribution in [1.29, 1.82) is 5.41 Å². The molecular weight excluding hydrogens is 288 g/mol. The number of rotatable bonds is 5. The molecule has 0 saturated heterocycles. The van der Waals surface area contributed by atoms with Gasteiger partial charge in [-0.05, 0) is 24.6 Å². The first-order valence-electron chi connectivity index (χ1n) is 4.96. The Hall–Kier alpha value is -0.520. The van der Waals surface area contributed by atoms with Crippen molar-refractivity contribution in [2.75, 3.05) is 6.61 Å². The second kappa shape index (κ2) is 6.27. The summed E-state index contributed by atoms with van der Waals surface area (Å²) in [7, 11) is 0. The first-order chi connectivity index (χ1) is 7.54. The third-order valence-electron chi connectivity index (χ3n) is 2.10. The molecule has 0 aliphatic heterocycles. The summed E-state index contributed by atoms with van der Waals surface area (Å²) >= 11 is 4.99. The van der Waals surface area contributed by atoms with E-state index in [9.17, 15) is 0 Å². The Morgan fingerprint density at radius 3 is 2.88 bits per heavy atom. The van der Waals surface area contributed by atoms with Crippen molar-refractivity contribution < 1.29 is 5.11 Å². The van der Waals surface area contributed by atoms with Gasteiger partial charge < -0.3 is 10.8 Å². The van der Waals surface area contributed by atoms with Crippen molar-refractivity contribution in [1.82, 2.24) is 0 Å². The number of benzene rings is 1.